The van der Waals surface area contributed by atoms with E-state index in [2.05, 4.69) is 31.8 Å². The number of ether oxygens (including phenoxy) is 1. The lowest BCUT2D eigenvalue weighted by Gasteiger charge is -2.12. The largest absolute Gasteiger partial charge is 0.493 e. The Bertz CT molecular complexity index is 724. The molecule has 0 bridgehead atoms. The minimum Gasteiger partial charge on any atom is -0.493 e. The van der Waals surface area contributed by atoms with Crippen molar-refractivity contribution in [2.24, 2.45) is 10.9 Å². The molecule has 0 unspecified atom stereocenters. The Labute approximate surface area is 154 Å². The maximum absolute atomic E-state index is 5.96. The number of hydrogen-bond acceptors (Lipinski definition) is 5. The Morgan fingerprint density at radius 2 is 2.15 bits per heavy atom. The quantitative estimate of drug-likeness (QED) is 0.530. The van der Waals surface area contributed by atoms with E-state index in [0.717, 1.165) is 36.3 Å². The van der Waals surface area contributed by atoms with E-state index in [9.17, 15) is 0 Å². The molecule has 0 spiro atoms. The number of hydrogen-bond donors (Lipinski definition) is 2. The van der Waals surface area contributed by atoms with Gasteiger partial charge < -0.3 is 19.9 Å². The number of nitrogens with zero attached hydrogens (tertiary/aromatic N) is 3. The Kier molecular flexibility index (Phi) is 6.46. The van der Waals surface area contributed by atoms with Gasteiger partial charge in [0.2, 0.25) is 5.89 Å². The van der Waals surface area contributed by atoms with E-state index in [-0.39, 0.29) is 0 Å². The summed E-state index contributed by atoms with van der Waals surface area (Å²) in [6.45, 7) is 6.71. The second-order valence-electron chi connectivity index (χ2n) is 6.47. The van der Waals surface area contributed by atoms with E-state index < -0.39 is 0 Å². The van der Waals surface area contributed by atoms with Crippen molar-refractivity contribution in [2.75, 3.05) is 19.7 Å². The molecule has 26 heavy (non-hydrogen) atoms. The topological polar surface area (TPSA) is 84.6 Å². The van der Waals surface area contributed by atoms with E-state index in [0.29, 0.717) is 31.2 Å². The maximum Gasteiger partial charge on any atom is 0.228 e. The predicted molar refractivity (Wildman–Crippen MR) is 100 cm³/mol. The molecule has 1 aromatic carbocycles. The fourth-order valence-corrected chi connectivity index (χ4v) is 2.50. The molecule has 0 radical (unpaired) electrons. The van der Waals surface area contributed by atoms with E-state index in [1.54, 1.807) is 0 Å². The average molecular weight is 357 g/mol. The normalized spacial score (nSPS) is 14.3. The van der Waals surface area contributed by atoms with Crippen LogP contribution in [-0.2, 0) is 13.0 Å². The van der Waals surface area contributed by atoms with Crippen molar-refractivity contribution < 1.29 is 9.26 Å². The molecule has 7 heteroatoms. The van der Waals surface area contributed by atoms with Gasteiger partial charge in [-0.2, -0.15) is 4.98 Å². The second-order valence-corrected chi connectivity index (χ2v) is 6.47. The first-order valence-electron chi connectivity index (χ1n) is 9.26. The van der Waals surface area contributed by atoms with Crippen molar-refractivity contribution in [3.05, 3.63) is 41.5 Å². The van der Waals surface area contributed by atoms with Crippen molar-refractivity contribution >= 4 is 5.96 Å². The van der Waals surface area contributed by atoms with Crippen LogP contribution in [0.4, 0.5) is 0 Å². The van der Waals surface area contributed by atoms with E-state index in [1.165, 1.54) is 12.8 Å². The minimum atomic E-state index is 0.565. The van der Waals surface area contributed by atoms with Gasteiger partial charge in [0.15, 0.2) is 11.8 Å². The number of benzene rings is 1. The Morgan fingerprint density at radius 1 is 1.31 bits per heavy atom. The first kappa shape index (κ1) is 18.2. The van der Waals surface area contributed by atoms with Crippen LogP contribution in [-0.4, -0.2) is 35.8 Å². The van der Waals surface area contributed by atoms with Crippen molar-refractivity contribution in [3.8, 4) is 5.75 Å². The van der Waals surface area contributed by atoms with Crippen LogP contribution in [0.1, 0.15) is 37.0 Å². The van der Waals surface area contributed by atoms with Gasteiger partial charge >= 0.3 is 0 Å². The van der Waals surface area contributed by atoms with Crippen molar-refractivity contribution in [1.29, 1.82) is 0 Å². The van der Waals surface area contributed by atoms with Crippen LogP contribution < -0.4 is 15.4 Å². The summed E-state index contributed by atoms with van der Waals surface area (Å²) < 4.78 is 11.1. The van der Waals surface area contributed by atoms with Gasteiger partial charge in [-0.3, -0.25) is 0 Å². The number of para-hydroxylation sites is 1. The van der Waals surface area contributed by atoms with Crippen LogP contribution in [0.5, 0.6) is 5.75 Å². The number of nitrogens with one attached hydrogen (secondary N) is 2. The van der Waals surface area contributed by atoms with Gasteiger partial charge in [0, 0.05) is 25.1 Å². The standard InChI is InChI=1S/C19H27N5O2/c1-3-20-19(21-11-10-18-23-14(2)24-26-18)22-12-16-6-4-5-7-17(16)25-13-15-8-9-15/h4-7,15H,3,8-13H2,1-2H3,(H2,20,21,22). The van der Waals surface area contributed by atoms with Crippen LogP contribution in [0.15, 0.2) is 33.8 Å². The highest BCUT2D eigenvalue weighted by Crippen LogP contribution is 2.30. The SMILES string of the molecule is CCNC(=NCc1ccccc1OCC1CC1)NCCc1nc(C)no1. The molecular formula is C19H27N5O2. The molecule has 1 fully saturated rings. The molecular weight excluding hydrogens is 330 g/mol. The third kappa shape index (κ3) is 5.75. The molecule has 1 aliphatic rings. The van der Waals surface area contributed by atoms with Gasteiger partial charge in [0.25, 0.3) is 0 Å². The second kappa shape index (κ2) is 9.22. The third-order valence-corrected chi connectivity index (χ3v) is 4.10. The van der Waals surface area contributed by atoms with Gasteiger partial charge in [-0.25, -0.2) is 4.99 Å². The summed E-state index contributed by atoms with van der Waals surface area (Å²) in [5.74, 6) is 3.72. The molecule has 0 amide bonds. The number of guanidine groups is 1. The molecule has 1 heterocycles. The Balaban J connectivity index is 1.54. The molecule has 2 aromatic rings. The van der Waals surface area contributed by atoms with Crippen molar-refractivity contribution in [3.63, 3.8) is 0 Å². The van der Waals surface area contributed by atoms with Crippen molar-refractivity contribution in [1.82, 2.24) is 20.8 Å². The Hall–Kier alpha value is -2.57. The lowest BCUT2D eigenvalue weighted by atomic mass is 10.2. The molecule has 1 saturated carbocycles. The number of aromatic nitrogens is 2. The van der Waals surface area contributed by atoms with Gasteiger partial charge in [0.05, 0.1) is 13.2 Å². The molecule has 3 rings (SSSR count). The van der Waals surface area contributed by atoms with Gasteiger partial charge in [0.1, 0.15) is 5.75 Å². The molecule has 1 aromatic heterocycles. The van der Waals surface area contributed by atoms with Crippen LogP contribution in [0.2, 0.25) is 0 Å². The number of aryl methyl sites for hydroxylation is 1. The van der Waals surface area contributed by atoms with Crippen LogP contribution >= 0.6 is 0 Å². The van der Waals surface area contributed by atoms with E-state index in [1.807, 2.05) is 32.0 Å². The summed E-state index contributed by atoms with van der Waals surface area (Å²) in [6.07, 6.45) is 3.23. The number of aliphatic imine (C=N–C) groups is 1. The highest BCUT2D eigenvalue weighted by molar-refractivity contribution is 5.79. The monoisotopic (exact) mass is 357 g/mol. The number of rotatable bonds is 9. The average Bonchev–Trinajstić information content (AvgIpc) is 3.39. The van der Waals surface area contributed by atoms with Gasteiger partial charge in [-0.1, -0.05) is 23.4 Å². The maximum atomic E-state index is 5.96. The van der Waals surface area contributed by atoms with Crippen LogP contribution in [0.3, 0.4) is 0 Å². The Morgan fingerprint density at radius 3 is 2.88 bits per heavy atom. The summed E-state index contributed by atoms with van der Waals surface area (Å²) in [7, 11) is 0. The minimum absolute atomic E-state index is 0.565. The van der Waals surface area contributed by atoms with E-state index >= 15 is 0 Å². The fraction of sp³-hybridized carbons (Fsp3) is 0.526. The van der Waals surface area contributed by atoms with Gasteiger partial charge in [-0.05, 0) is 38.7 Å². The zero-order valence-corrected chi connectivity index (χ0v) is 15.5. The molecule has 7 nitrogen and oxygen atoms in total. The summed E-state index contributed by atoms with van der Waals surface area (Å²) in [6, 6.07) is 8.11. The summed E-state index contributed by atoms with van der Waals surface area (Å²) in [5.41, 5.74) is 1.10. The predicted octanol–water partition coefficient (Wildman–Crippen LogP) is 2.46. The first-order valence-corrected chi connectivity index (χ1v) is 9.26. The molecule has 0 atom stereocenters. The lowest BCUT2D eigenvalue weighted by molar-refractivity contribution is 0.297. The van der Waals surface area contributed by atoms with Crippen LogP contribution in [0.25, 0.3) is 0 Å². The highest BCUT2D eigenvalue weighted by atomic mass is 16.5. The first-order chi connectivity index (χ1) is 12.7. The van der Waals surface area contributed by atoms with Crippen LogP contribution in [0, 0.1) is 12.8 Å². The van der Waals surface area contributed by atoms with E-state index in [4.69, 9.17) is 9.26 Å². The zero-order valence-electron chi connectivity index (χ0n) is 15.5. The zero-order chi connectivity index (χ0) is 18.2. The van der Waals surface area contributed by atoms with Crippen molar-refractivity contribution in [2.45, 2.75) is 39.7 Å². The fourth-order valence-electron chi connectivity index (χ4n) is 2.50. The highest BCUT2D eigenvalue weighted by Gasteiger charge is 2.22. The van der Waals surface area contributed by atoms with Gasteiger partial charge in [-0.15, -0.1) is 0 Å². The molecule has 0 aliphatic heterocycles. The summed E-state index contributed by atoms with van der Waals surface area (Å²) >= 11 is 0. The molecule has 1 aliphatic carbocycles. The molecule has 0 saturated heterocycles. The lowest BCUT2D eigenvalue weighted by Crippen LogP contribution is -2.38. The molecule has 2 N–H and O–H groups in total. The smallest absolute Gasteiger partial charge is 0.228 e. The summed E-state index contributed by atoms with van der Waals surface area (Å²) in [5, 5.41) is 10.4. The molecule has 140 valence electrons. The third-order valence-electron chi connectivity index (χ3n) is 4.10. The summed E-state index contributed by atoms with van der Waals surface area (Å²) in [4.78, 5) is 8.88.